The van der Waals surface area contributed by atoms with Crippen molar-refractivity contribution < 1.29 is 12.1 Å². The van der Waals surface area contributed by atoms with Crippen molar-refractivity contribution >= 4 is 48.3 Å². The van der Waals surface area contributed by atoms with Gasteiger partial charge in [0.15, 0.2) is 11.4 Å². The third-order valence-electron chi connectivity index (χ3n) is 6.65. The molecule has 0 bridgehead atoms. The maximum Gasteiger partial charge on any atom is 0.882 e. The van der Waals surface area contributed by atoms with Crippen LogP contribution in [0.1, 0.15) is 5.69 Å². The minimum absolute atomic E-state index is 0.692. The van der Waals surface area contributed by atoms with Gasteiger partial charge >= 0.3 is 15.9 Å². The molecule has 0 unspecified atom stereocenters. The van der Waals surface area contributed by atoms with Crippen LogP contribution in [0.4, 0.5) is 0 Å². The monoisotopic (exact) mass is 469 g/mol. The van der Waals surface area contributed by atoms with E-state index in [1.165, 1.54) is 33.0 Å². The van der Waals surface area contributed by atoms with Crippen molar-refractivity contribution in [3.05, 3.63) is 115 Å². The Balaban J connectivity index is 1.21. The van der Waals surface area contributed by atoms with Crippen LogP contribution in [0.2, 0.25) is 0 Å². The van der Waals surface area contributed by atoms with Gasteiger partial charge in [0, 0.05) is 13.0 Å². The van der Waals surface area contributed by atoms with Crippen LogP contribution in [0.5, 0.6) is 11.5 Å². The molecule has 6 aromatic rings. The highest BCUT2D eigenvalue weighted by Crippen LogP contribution is 2.29. The zero-order chi connectivity index (χ0) is 23.8. The Bertz CT molecular complexity index is 1710. The molecule has 0 aliphatic carbocycles. The van der Waals surface area contributed by atoms with Gasteiger partial charge in [0.05, 0.1) is 11.1 Å². The van der Waals surface area contributed by atoms with Crippen molar-refractivity contribution in [1.82, 2.24) is 0 Å². The molecule has 0 saturated heterocycles. The topological polar surface area (TPSA) is 22.3 Å². The van der Waals surface area contributed by atoms with Crippen LogP contribution in [0.15, 0.2) is 109 Å². The molecule has 5 aromatic carbocycles. The molecule has 0 atom stereocenters. The molecule has 3 nitrogen and oxygen atoms in total. The number of rotatable bonds is 5. The van der Waals surface area contributed by atoms with E-state index < -0.39 is 15.9 Å². The Morgan fingerprint density at radius 2 is 1.20 bits per heavy atom. The number of aryl methyl sites for hydroxylation is 2. The Kier molecular flexibility index (Phi) is 5.62. The number of aromatic nitrogens is 1. The SMILES string of the molecule is Cc1ccc2cccc([O][Al][O]c3ccc4cc(-c5ccc6ccccc6c5)ccc4c3)c2[n+]1C. The summed E-state index contributed by atoms with van der Waals surface area (Å²) in [4.78, 5) is 0. The molecular weight excluding hydrogens is 445 g/mol. The van der Waals surface area contributed by atoms with Crippen molar-refractivity contribution in [2.75, 3.05) is 0 Å². The molecule has 0 saturated carbocycles. The maximum absolute atomic E-state index is 6.12. The van der Waals surface area contributed by atoms with E-state index in [-0.39, 0.29) is 0 Å². The molecule has 0 amide bonds. The zero-order valence-corrected chi connectivity index (χ0v) is 20.9. The smallest absolute Gasteiger partial charge is 0.616 e. The summed E-state index contributed by atoms with van der Waals surface area (Å²) in [5.74, 6) is 1.68. The first-order chi connectivity index (χ1) is 17.2. The van der Waals surface area contributed by atoms with Gasteiger partial charge in [-0.1, -0.05) is 60.7 Å². The Labute approximate surface area is 211 Å². The number of benzene rings is 5. The van der Waals surface area contributed by atoms with Gasteiger partial charge in [-0.15, -0.1) is 0 Å². The Morgan fingerprint density at radius 3 is 2.03 bits per heavy atom. The average Bonchev–Trinajstić information content (AvgIpc) is 2.90. The minimum Gasteiger partial charge on any atom is -0.616 e. The molecule has 1 aromatic heterocycles. The van der Waals surface area contributed by atoms with Crippen LogP contribution in [0.25, 0.3) is 43.6 Å². The van der Waals surface area contributed by atoms with Crippen molar-refractivity contribution in [3.63, 3.8) is 0 Å². The van der Waals surface area contributed by atoms with Gasteiger partial charge < -0.3 is 7.58 Å². The first-order valence-corrected chi connectivity index (χ1v) is 12.7. The number of para-hydroxylation sites is 1. The van der Waals surface area contributed by atoms with Gasteiger partial charge in [-0.25, -0.2) is 0 Å². The summed E-state index contributed by atoms with van der Waals surface area (Å²) < 4.78 is 14.3. The average molecular weight is 470 g/mol. The van der Waals surface area contributed by atoms with Gasteiger partial charge in [-0.05, 0) is 75.1 Å². The lowest BCUT2D eigenvalue weighted by Gasteiger charge is -2.11. The standard InChI is InChI=1S/C20H14O.C11H11NO.Al/c21-20-10-9-18-12-17(7-8-19(18)13-20)16-6-5-14-3-1-2-4-15(14)11-16;1-8-6-7-9-4-3-5-10(13)11(9)12(8)2;/h1-13,21H;3-7H,1-2H3;/q;;+2/p-1. The first-order valence-electron chi connectivity index (χ1n) is 11.7. The molecule has 0 fully saturated rings. The minimum atomic E-state index is -0.692. The maximum atomic E-state index is 6.12. The fourth-order valence-corrected chi connectivity index (χ4v) is 5.20. The largest absolute Gasteiger partial charge is 0.882 e. The normalized spacial score (nSPS) is 11.1. The molecule has 1 radical (unpaired) electrons. The molecule has 6 rings (SSSR count). The lowest BCUT2D eigenvalue weighted by molar-refractivity contribution is -0.651. The van der Waals surface area contributed by atoms with Crippen LogP contribution >= 0.6 is 0 Å². The second-order valence-electron chi connectivity index (χ2n) is 8.85. The summed E-state index contributed by atoms with van der Waals surface area (Å²) in [6.07, 6.45) is 0. The molecule has 0 aliphatic rings. The third-order valence-corrected chi connectivity index (χ3v) is 7.37. The highest BCUT2D eigenvalue weighted by atomic mass is 27.2. The summed E-state index contributed by atoms with van der Waals surface area (Å²) in [5, 5.41) is 6.01. The Hall–Kier alpha value is -3.84. The molecule has 35 heavy (non-hydrogen) atoms. The van der Waals surface area contributed by atoms with Crippen LogP contribution in [-0.4, -0.2) is 15.9 Å². The van der Waals surface area contributed by atoms with Crippen molar-refractivity contribution in [2.24, 2.45) is 7.05 Å². The fraction of sp³-hybridized carbons (Fsp3) is 0.0645. The van der Waals surface area contributed by atoms with Crippen molar-refractivity contribution in [1.29, 1.82) is 0 Å². The number of fused-ring (bicyclic) bond motifs is 3. The van der Waals surface area contributed by atoms with E-state index in [0.717, 1.165) is 27.8 Å². The quantitative estimate of drug-likeness (QED) is 0.202. The molecular formula is C31H24AlNO2+. The summed E-state index contributed by atoms with van der Waals surface area (Å²) in [5.41, 5.74) is 4.71. The predicted molar refractivity (Wildman–Crippen MR) is 144 cm³/mol. The summed E-state index contributed by atoms with van der Waals surface area (Å²) in [7, 11) is 2.07. The first kappa shape index (κ1) is 21.7. The van der Waals surface area contributed by atoms with E-state index in [9.17, 15) is 0 Å². The number of hydrogen-bond donors (Lipinski definition) is 0. The fourth-order valence-electron chi connectivity index (χ4n) is 4.60. The van der Waals surface area contributed by atoms with E-state index >= 15 is 0 Å². The van der Waals surface area contributed by atoms with E-state index in [1.807, 2.05) is 18.2 Å². The predicted octanol–water partition coefficient (Wildman–Crippen LogP) is 6.94. The molecule has 0 spiro atoms. The highest BCUT2D eigenvalue weighted by Gasteiger charge is 2.16. The molecule has 0 N–H and O–H groups in total. The van der Waals surface area contributed by atoms with E-state index in [0.29, 0.717) is 0 Å². The lowest BCUT2D eigenvalue weighted by Crippen LogP contribution is -2.33. The third kappa shape index (κ3) is 4.23. The van der Waals surface area contributed by atoms with Crippen molar-refractivity contribution in [2.45, 2.75) is 6.92 Å². The number of nitrogens with zero attached hydrogens (tertiary/aromatic N) is 1. The van der Waals surface area contributed by atoms with Gasteiger partial charge in [0.2, 0.25) is 0 Å². The number of hydrogen-bond acceptors (Lipinski definition) is 2. The van der Waals surface area contributed by atoms with E-state index in [1.54, 1.807) is 0 Å². The Morgan fingerprint density at radius 1 is 0.571 bits per heavy atom. The lowest BCUT2D eigenvalue weighted by atomic mass is 9.98. The molecule has 4 heteroatoms. The van der Waals surface area contributed by atoms with Crippen LogP contribution in [0.3, 0.4) is 0 Å². The summed E-state index contributed by atoms with van der Waals surface area (Å²) >= 11 is -0.692. The second kappa shape index (κ2) is 9.08. The van der Waals surface area contributed by atoms with Crippen LogP contribution < -0.4 is 12.1 Å². The van der Waals surface area contributed by atoms with Gasteiger partial charge in [0.1, 0.15) is 7.05 Å². The molecule has 167 valence electrons. The van der Waals surface area contributed by atoms with Crippen molar-refractivity contribution in [3.8, 4) is 22.6 Å². The van der Waals surface area contributed by atoms with Crippen LogP contribution in [-0.2, 0) is 7.05 Å². The zero-order valence-electron chi connectivity index (χ0n) is 19.7. The molecule has 0 aliphatic heterocycles. The van der Waals surface area contributed by atoms with Gasteiger partial charge in [-0.2, -0.15) is 4.57 Å². The molecule has 1 heterocycles. The summed E-state index contributed by atoms with van der Waals surface area (Å²) in [6, 6.07) is 38.3. The van der Waals surface area contributed by atoms with E-state index in [4.69, 9.17) is 7.58 Å². The summed E-state index contributed by atoms with van der Waals surface area (Å²) in [6.45, 7) is 2.10. The van der Waals surface area contributed by atoms with E-state index in [2.05, 4.69) is 110 Å². The highest BCUT2D eigenvalue weighted by molar-refractivity contribution is 6.21. The van der Waals surface area contributed by atoms with Crippen LogP contribution in [0, 0.1) is 6.92 Å². The second-order valence-corrected chi connectivity index (χ2v) is 9.51. The van der Waals surface area contributed by atoms with Gasteiger partial charge in [0.25, 0.3) is 5.52 Å². The van der Waals surface area contributed by atoms with Gasteiger partial charge in [-0.3, -0.25) is 0 Å². The number of pyridine rings is 1.